The number of anilines is 2. The zero-order valence-electron chi connectivity index (χ0n) is 17.5. The molecule has 1 saturated heterocycles. The van der Waals surface area contributed by atoms with E-state index in [1.54, 1.807) is 6.07 Å². The van der Waals surface area contributed by atoms with Crippen LogP contribution in [0.25, 0.3) is 0 Å². The van der Waals surface area contributed by atoms with E-state index >= 15 is 0 Å². The second-order valence-corrected chi connectivity index (χ2v) is 8.76. The average Bonchev–Trinajstić information content (AvgIpc) is 3.61. The van der Waals surface area contributed by atoms with Crippen molar-refractivity contribution in [2.45, 2.75) is 24.6 Å². The van der Waals surface area contributed by atoms with Gasteiger partial charge in [-0.2, -0.15) is 4.98 Å². The van der Waals surface area contributed by atoms with Crippen molar-refractivity contribution in [3.8, 4) is 0 Å². The highest BCUT2D eigenvalue weighted by Crippen LogP contribution is 2.28. The first kappa shape index (κ1) is 21.1. The molecule has 2 atom stereocenters. The van der Waals surface area contributed by atoms with Gasteiger partial charge in [-0.3, -0.25) is 4.79 Å². The van der Waals surface area contributed by atoms with Gasteiger partial charge in [0.15, 0.2) is 0 Å². The van der Waals surface area contributed by atoms with Crippen LogP contribution in [0.3, 0.4) is 0 Å². The SMILES string of the molecule is CN(CCC1C=CC=CC1Cl)c1nc(C(=O)NCC2CC2)cc(N2CCOCC2)n1. The fourth-order valence-electron chi connectivity index (χ4n) is 3.64. The molecule has 4 rings (SSSR count). The zero-order valence-corrected chi connectivity index (χ0v) is 18.2. The van der Waals surface area contributed by atoms with Gasteiger partial charge in [-0.1, -0.05) is 24.3 Å². The fourth-order valence-corrected chi connectivity index (χ4v) is 3.93. The molecule has 0 spiro atoms. The Kier molecular flexibility index (Phi) is 6.89. The number of carbonyl (C=O) groups excluding carboxylic acids is 1. The van der Waals surface area contributed by atoms with Crippen LogP contribution >= 0.6 is 11.6 Å². The van der Waals surface area contributed by atoms with Gasteiger partial charge in [-0.15, -0.1) is 11.6 Å². The minimum Gasteiger partial charge on any atom is -0.378 e. The molecular weight excluding hydrogens is 402 g/mol. The van der Waals surface area contributed by atoms with E-state index in [4.69, 9.17) is 21.3 Å². The molecule has 1 aliphatic heterocycles. The lowest BCUT2D eigenvalue weighted by molar-refractivity contribution is 0.0946. The van der Waals surface area contributed by atoms with Crippen molar-refractivity contribution in [1.29, 1.82) is 0 Å². The topological polar surface area (TPSA) is 70.6 Å². The Morgan fingerprint density at radius 1 is 1.27 bits per heavy atom. The normalized spacial score (nSPS) is 23.5. The number of halogens is 1. The van der Waals surface area contributed by atoms with Crippen molar-refractivity contribution in [2.24, 2.45) is 11.8 Å². The largest absolute Gasteiger partial charge is 0.378 e. The molecule has 7 nitrogen and oxygen atoms in total. The molecular formula is C22H30ClN5O2. The molecule has 1 saturated carbocycles. The summed E-state index contributed by atoms with van der Waals surface area (Å²) in [6, 6.07) is 1.80. The van der Waals surface area contributed by atoms with E-state index < -0.39 is 0 Å². The first-order chi connectivity index (χ1) is 14.6. The lowest BCUT2D eigenvalue weighted by atomic mass is 9.97. The van der Waals surface area contributed by atoms with E-state index in [2.05, 4.69) is 21.3 Å². The van der Waals surface area contributed by atoms with Crippen LogP contribution in [0.2, 0.25) is 0 Å². The number of hydrogen-bond acceptors (Lipinski definition) is 6. The van der Waals surface area contributed by atoms with E-state index in [1.165, 1.54) is 12.8 Å². The summed E-state index contributed by atoms with van der Waals surface area (Å²) < 4.78 is 5.46. The highest BCUT2D eigenvalue weighted by Gasteiger charge is 2.24. The summed E-state index contributed by atoms with van der Waals surface area (Å²) in [5.74, 6) is 2.12. The number of carbonyl (C=O) groups is 1. The van der Waals surface area contributed by atoms with E-state index in [0.717, 1.165) is 38.4 Å². The van der Waals surface area contributed by atoms with Gasteiger partial charge in [0, 0.05) is 39.3 Å². The standard InChI is InChI=1S/C22H30ClN5O2/c1-27(9-8-17-4-2-3-5-18(17)23)22-25-19(21(29)24-15-16-6-7-16)14-20(26-22)28-10-12-30-13-11-28/h2-5,14,16-18H,6-13,15H2,1H3,(H,24,29). The Labute approximate surface area is 183 Å². The first-order valence-electron chi connectivity index (χ1n) is 10.8. The molecule has 2 fully saturated rings. The number of allylic oxidation sites excluding steroid dienone is 4. The quantitative estimate of drug-likeness (QED) is 0.638. The molecule has 162 valence electrons. The number of morpholine rings is 1. The maximum absolute atomic E-state index is 12.7. The minimum atomic E-state index is -0.130. The van der Waals surface area contributed by atoms with E-state index in [9.17, 15) is 4.79 Å². The van der Waals surface area contributed by atoms with Crippen LogP contribution in [0.1, 0.15) is 29.8 Å². The number of nitrogens with zero attached hydrogens (tertiary/aromatic N) is 4. The van der Waals surface area contributed by atoms with Crippen LogP contribution in [0, 0.1) is 11.8 Å². The average molecular weight is 432 g/mol. The summed E-state index contributed by atoms with van der Waals surface area (Å²) in [5, 5.41) is 3.03. The van der Waals surface area contributed by atoms with Gasteiger partial charge in [0.25, 0.3) is 5.91 Å². The number of hydrogen-bond donors (Lipinski definition) is 1. The Balaban J connectivity index is 1.48. The first-order valence-corrected chi connectivity index (χ1v) is 11.2. The molecule has 0 aromatic carbocycles. The monoisotopic (exact) mass is 431 g/mol. The molecule has 8 heteroatoms. The van der Waals surface area contributed by atoms with Gasteiger partial charge in [-0.05, 0) is 31.1 Å². The van der Waals surface area contributed by atoms with Crippen molar-refractivity contribution in [2.75, 3.05) is 56.2 Å². The molecule has 0 radical (unpaired) electrons. The third kappa shape index (κ3) is 5.52. The summed E-state index contributed by atoms with van der Waals surface area (Å²) in [7, 11) is 1.97. The van der Waals surface area contributed by atoms with Crippen molar-refractivity contribution in [1.82, 2.24) is 15.3 Å². The lowest BCUT2D eigenvalue weighted by Crippen LogP contribution is -2.37. The minimum absolute atomic E-state index is 0.00719. The van der Waals surface area contributed by atoms with Gasteiger partial charge in [0.05, 0.1) is 18.6 Å². The van der Waals surface area contributed by atoms with Crippen LogP contribution in [-0.2, 0) is 4.74 Å². The van der Waals surface area contributed by atoms with E-state index in [0.29, 0.717) is 30.8 Å². The Morgan fingerprint density at radius 3 is 2.77 bits per heavy atom. The van der Waals surface area contributed by atoms with Crippen LogP contribution in [0.15, 0.2) is 30.4 Å². The highest BCUT2D eigenvalue weighted by atomic mass is 35.5. The molecule has 1 aromatic heterocycles. The number of rotatable bonds is 8. The third-order valence-electron chi connectivity index (χ3n) is 5.83. The van der Waals surface area contributed by atoms with Crippen molar-refractivity contribution in [3.05, 3.63) is 36.1 Å². The summed E-state index contributed by atoms with van der Waals surface area (Å²) in [4.78, 5) is 26.3. The van der Waals surface area contributed by atoms with Crippen molar-refractivity contribution < 1.29 is 9.53 Å². The maximum Gasteiger partial charge on any atom is 0.270 e. The Hall–Kier alpha value is -2.12. The highest BCUT2D eigenvalue weighted by molar-refractivity contribution is 6.22. The molecule has 1 N–H and O–H groups in total. The molecule has 1 aromatic rings. The van der Waals surface area contributed by atoms with Crippen LogP contribution in [-0.4, -0.2) is 67.7 Å². The number of ether oxygens (including phenoxy) is 1. The summed E-state index contributed by atoms with van der Waals surface area (Å²) >= 11 is 6.41. The summed E-state index contributed by atoms with van der Waals surface area (Å²) in [6.07, 6.45) is 11.5. The maximum atomic E-state index is 12.7. The van der Waals surface area contributed by atoms with Crippen LogP contribution in [0.5, 0.6) is 0 Å². The third-order valence-corrected chi connectivity index (χ3v) is 6.30. The fraction of sp³-hybridized carbons (Fsp3) is 0.591. The predicted octanol–water partition coefficient (Wildman–Crippen LogP) is 2.63. The second-order valence-electron chi connectivity index (χ2n) is 8.25. The second kappa shape index (κ2) is 9.79. The summed E-state index contributed by atoms with van der Waals surface area (Å²) in [6.45, 7) is 4.32. The van der Waals surface area contributed by atoms with Gasteiger partial charge in [0.2, 0.25) is 5.95 Å². The van der Waals surface area contributed by atoms with Gasteiger partial charge in [0.1, 0.15) is 11.5 Å². The zero-order chi connectivity index (χ0) is 20.9. The number of alkyl halides is 1. The molecule has 2 heterocycles. The molecule has 2 unspecified atom stereocenters. The smallest absolute Gasteiger partial charge is 0.270 e. The Bertz CT molecular complexity index is 805. The van der Waals surface area contributed by atoms with Gasteiger partial charge in [-0.25, -0.2) is 4.98 Å². The van der Waals surface area contributed by atoms with E-state index in [-0.39, 0.29) is 17.2 Å². The van der Waals surface area contributed by atoms with Gasteiger partial charge >= 0.3 is 0 Å². The molecule has 2 aliphatic carbocycles. The van der Waals surface area contributed by atoms with Crippen LogP contribution in [0.4, 0.5) is 11.8 Å². The van der Waals surface area contributed by atoms with Gasteiger partial charge < -0.3 is 19.9 Å². The van der Waals surface area contributed by atoms with Crippen LogP contribution < -0.4 is 15.1 Å². The van der Waals surface area contributed by atoms with Crippen molar-refractivity contribution in [3.63, 3.8) is 0 Å². The molecule has 30 heavy (non-hydrogen) atoms. The number of aromatic nitrogens is 2. The molecule has 3 aliphatic rings. The molecule has 1 amide bonds. The van der Waals surface area contributed by atoms with Crippen molar-refractivity contribution >= 4 is 29.3 Å². The van der Waals surface area contributed by atoms with E-state index in [1.807, 2.05) is 30.2 Å². The molecule has 0 bridgehead atoms. The Morgan fingerprint density at radius 2 is 2.03 bits per heavy atom. The summed E-state index contributed by atoms with van der Waals surface area (Å²) in [5.41, 5.74) is 0.421. The lowest BCUT2D eigenvalue weighted by Gasteiger charge is -2.29. The number of amides is 1. The number of nitrogens with one attached hydrogen (secondary N) is 1. The predicted molar refractivity (Wildman–Crippen MR) is 119 cm³/mol.